The summed E-state index contributed by atoms with van der Waals surface area (Å²) in [5, 5.41) is 0. The molecule has 0 N–H and O–H groups in total. The number of rotatable bonds is 1. The summed E-state index contributed by atoms with van der Waals surface area (Å²) in [4.78, 5) is 2.79. The summed E-state index contributed by atoms with van der Waals surface area (Å²) in [5.74, 6) is 5.12. The summed E-state index contributed by atoms with van der Waals surface area (Å²) in [5.41, 5.74) is 0. The Bertz CT molecular complexity index is 313. The second-order valence-electron chi connectivity index (χ2n) is 8.64. The maximum absolute atomic E-state index is 2.79. The van der Waals surface area contributed by atoms with Crippen LogP contribution in [0.1, 0.15) is 78.1 Å². The number of hydrogen-bond acceptors (Lipinski definition) is 1. The molecule has 21 heavy (non-hydrogen) atoms. The van der Waals surface area contributed by atoms with E-state index in [0.29, 0.717) is 0 Å². The van der Waals surface area contributed by atoms with E-state index in [2.05, 4.69) is 18.7 Å². The second-order valence-corrected chi connectivity index (χ2v) is 8.64. The van der Waals surface area contributed by atoms with E-state index in [1.54, 1.807) is 25.7 Å². The van der Waals surface area contributed by atoms with Crippen LogP contribution < -0.4 is 0 Å². The van der Waals surface area contributed by atoms with E-state index in [1.165, 1.54) is 58.2 Å². The van der Waals surface area contributed by atoms with Crippen molar-refractivity contribution in [3.05, 3.63) is 0 Å². The van der Waals surface area contributed by atoms with Crippen LogP contribution in [0.5, 0.6) is 0 Å². The SMILES string of the molecule is CCC1CCCC2CCC(CCC(C)CN3CCC1C3)C2. The minimum absolute atomic E-state index is 0.922. The fourth-order valence-corrected chi connectivity index (χ4v) is 5.61. The Balaban J connectivity index is 1.61. The van der Waals surface area contributed by atoms with Crippen molar-refractivity contribution in [2.24, 2.45) is 29.6 Å². The lowest BCUT2D eigenvalue weighted by atomic mass is 9.84. The van der Waals surface area contributed by atoms with Gasteiger partial charge in [-0.15, -0.1) is 0 Å². The van der Waals surface area contributed by atoms with E-state index >= 15 is 0 Å². The van der Waals surface area contributed by atoms with Crippen molar-refractivity contribution in [3.63, 3.8) is 0 Å². The van der Waals surface area contributed by atoms with Crippen LogP contribution in [0, 0.1) is 29.6 Å². The van der Waals surface area contributed by atoms with Crippen LogP contribution in [0.15, 0.2) is 0 Å². The molecule has 1 saturated carbocycles. The molecule has 0 amide bonds. The summed E-state index contributed by atoms with van der Waals surface area (Å²) in [6, 6.07) is 0. The molecule has 2 saturated heterocycles. The van der Waals surface area contributed by atoms with Gasteiger partial charge in [-0.3, -0.25) is 0 Å². The fourth-order valence-electron chi connectivity index (χ4n) is 5.61. The van der Waals surface area contributed by atoms with Crippen LogP contribution in [-0.4, -0.2) is 24.5 Å². The predicted molar refractivity (Wildman–Crippen MR) is 91.4 cm³/mol. The molecule has 1 aliphatic carbocycles. The molecule has 2 heterocycles. The van der Waals surface area contributed by atoms with Crippen molar-refractivity contribution in [3.8, 4) is 0 Å². The maximum atomic E-state index is 2.79. The zero-order chi connectivity index (χ0) is 14.7. The van der Waals surface area contributed by atoms with Gasteiger partial charge in [0.1, 0.15) is 0 Å². The number of fused-ring (bicyclic) bond motifs is 4. The molecule has 2 aliphatic heterocycles. The first-order chi connectivity index (χ1) is 10.2. The highest BCUT2D eigenvalue weighted by molar-refractivity contribution is 4.83. The van der Waals surface area contributed by atoms with Crippen LogP contribution in [0.25, 0.3) is 0 Å². The van der Waals surface area contributed by atoms with Gasteiger partial charge < -0.3 is 4.90 Å². The zero-order valence-electron chi connectivity index (χ0n) is 14.5. The van der Waals surface area contributed by atoms with Crippen LogP contribution in [0.3, 0.4) is 0 Å². The van der Waals surface area contributed by atoms with E-state index in [4.69, 9.17) is 0 Å². The molecule has 1 nitrogen and oxygen atoms in total. The van der Waals surface area contributed by atoms with Crippen molar-refractivity contribution in [2.75, 3.05) is 19.6 Å². The molecular formula is C20H37N. The molecule has 0 aromatic heterocycles. The molecule has 6 atom stereocenters. The van der Waals surface area contributed by atoms with Gasteiger partial charge >= 0.3 is 0 Å². The van der Waals surface area contributed by atoms with Crippen LogP contribution in [0.4, 0.5) is 0 Å². The average molecular weight is 292 g/mol. The maximum Gasteiger partial charge on any atom is 0.00129 e. The smallest absolute Gasteiger partial charge is 0.00129 e. The van der Waals surface area contributed by atoms with Crippen molar-refractivity contribution in [2.45, 2.75) is 78.1 Å². The molecule has 0 spiro atoms. The Morgan fingerprint density at radius 2 is 1.62 bits per heavy atom. The molecule has 0 radical (unpaired) electrons. The van der Waals surface area contributed by atoms with Gasteiger partial charge in [-0.2, -0.15) is 0 Å². The Kier molecular flexibility index (Phi) is 5.65. The largest absolute Gasteiger partial charge is 0.303 e. The van der Waals surface area contributed by atoms with Crippen molar-refractivity contribution >= 4 is 0 Å². The van der Waals surface area contributed by atoms with Crippen LogP contribution >= 0.6 is 0 Å². The third-order valence-corrected chi connectivity index (χ3v) is 6.97. The van der Waals surface area contributed by atoms with E-state index in [-0.39, 0.29) is 0 Å². The molecular weight excluding hydrogens is 254 g/mol. The molecule has 0 aromatic carbocycles. The Morgan fingerprint density at radius 1 is 0.857 bits per heavy atom. The average Bonchev–Trinajstić information content (AvgIpc) is 3.10. The lowest BCUT2D eigenvalue weighted by Gasteiger charge is -2.26. The van der Waals surface area contributed by atoms with E-state index in [9.17, 15) is 0 Å². The minimum Gasteiger partial charge on any atom is -0.303 e. The van der Waals surface area contributed by atoms with Gasteiger partial charge in [-0.05, 0) is 55.4 Å². The summed E-state index contributed by atoms with van der Waals surface area (Å²) in [7, 11) is 0. The second kappa shape index (κ2) is 7.49. The molecule has 3 rings (SSSR count). The van der Waals surface area contributed by atoms with Gasteiger partial charge in [0.2, 0.25) is 0 Å². The van der Waals surface area contributed by atoms with Gasteiger partial charge in [0, 0.05) is 13.1 Å². The highest BCUT2D eigenvalue weighted by atomic mass is 15.1. The number of hydrogen-bond donors (Lipinski definition) is 0. The third-order valence-electron chi connectivity index (χ3n) is 6.97. The Hall–Kier alpha value is -0.0400. The Labute approximate surface area is 132 Å². The quantitative estimate of drug-likeness (QED) is 0.629. The molecule has 3 aliphatic rings. The monoisotopic (exact) mass is 291 g/mol. The first-order valence-electron chi connectivity index (χ1n) is 9.97. The van der Waals surface area contributed by atoms with Gasteiger partial charge in [-0.1, -0.05) is 58.8 Å². The first kappa shape index (κ1) is 15.8. The van der Waals surface area contributed by atoms with Gasteiger partial charge in [0.05, 0.1) is 0 Å². The molecule has 122 valence electrons. The topological polar surface area (TPSA) is 3.24 Å². The molecule has 4 bridgehead atoms. The van der Waals surface area contributed by atoms with Gasteiger partial charge in [-0.25, -0.2) is 0 Å². The zero-order valence-corrected chi connectivity index (χ0v) is 14.5. The summed E-state index contributed by atoms with van der Waals surface area (Å²) in [6.07, 6.45) is 15.1. The first-order valence-corrected chi connectivity index (χ1v) is 9.97. The fraction of sp³-hybridized carbons (Fsp3) is 1.00. The standard InChI is InChI=1S/C20H37N/c1-3-19-6-4-5-17-9-10-18(13-17)8-7-16(2)14-21-12-11-20(19)15-21/h16-20H,3-15H2,1-2H3. The van der Waals surface area contributed by atoms with Crippen LogP contribution in [-0.2, 0) is 0 Å². The third kappa shape index (κ3) is 4.24. The van der Waals surface area contributed by atoms with E-state index in [1.807, 2.05) is 0 Å². The lowest BCUT2D eigenvalue weighted by molar-refractivity contribution is 0.231. The lowest BCUT2D eigenvalue weighted by Crippen LogP contribution is -2.28. The molecule has 3 fully saturated rings. The van der Waals surface area contributed by atoms with Gasteiger partial charge in [0.25, 0.3) is 0 Å². The normalized spacial score (nSPS) is 45.4. The highest BCUT2D eigenvalue weighted by Gasteiger charge is 2.30. The predicted octanol–water partition coefficient (Wildman–Crippen LogP) is 5.35. The number of nitrogens with zero attached hydrogens (tertiary/aromatic N) is 1. The van der Waals surface area contributed by atoms with Crippen LogP contribution in [0.2, 0.25) is 0 Å². The minimum atomic E-state index is 0.922. The van der Waals surface area contributed by atoms with E-state index in [0.717, 1.165) is 29.6 Å². The molecule has 1 heteroatoms. The van der Waals surface area contributed by atoms with Crippen molar-refractivity contribution in [1.29, 1.82) is 0 Å². The van der Waals surface area contributed by atoms with Crippen molar-refractivity contribution in [1.82, 2.24) is 4.90 Å². The van der Waals surface area contributed by atoms with E-state index < -0.39 is 0 Å². The Morgan fingerprint density at radius 3 is 2.43 bits per heavy atom. The summed E-state index contributed by atoms with van der Waals surface area (Å²) < 4.78 is 0. The highest BCUT2D eigenvalue weighted by Crippen LogP contribution is 2.39. The molecule has 6 unspecified atom stereocenters. The van der Waals surface area contributed by atoms with Crippen molar-refractivity contribution < 1.29 is 0 Å². The molecule has 0 aromatic rings. The summed E-state index contributed by atoms with van der Waals surface area (Å²) in [6.45, 7) is 9.12. The van der Waals surface area contributed by atoms with Gasteiger partial charge in [0.15, 0.2) is 0 Å². The summed E-state index contributed by atoms with van der Waals surface area (Å²) >= 11 is 0.